The number of fused-ring (bicyclic) bond motifs is 1. The summed E-state index contributed by atoms with van der Waals surface area (Å²) < 4.78 is 5.57. The van der Waals surface area contributed by atoms with Gasteiger partial charge in [0.1, 0.15) is 0 Å². The Morgan fingerprint density at radius 3 is 2.71 bits per heavy atom. The molecule has 0 amide bonds. The first-order chi connectivity index (χ1) is 7.95. The van der Waals surface area contributed by atoms with E-state index in [1.807, 2.05) is 32.9 Å². The second-order valence-corrected chi connectivity index (χ2v) is 5.24. The lowest BCUT2D eigenvalue weighted by Gasteiger charge is -2.18. The first kappa shape index (κ1) is 12.2. The number of Topliss-reactive ketones (excluding diaryl/α,β-unsaturated/α-hetero) is 1. The first-order valence-corrected chi connectivity index (χ1v) is 6.06. The van der Waals surface area contributed by atoms with Crippen molar-refractivity contribution in [3.8, 4) is 0 Å². The van der Waals surface area contributed by atoms with Crippen molar-refractivity contribution in [3.05, 3.63) is 35.0 Å². The van der Waals surface area contributed by atoms with Crippen LogP contribution in [-0.4, -0.2) is 5.78 Å². The number of carbonyl (C=O) groups is 1. The topological polar surface area (TPSA) is 30.2 Å². The van der Waals surface area contributed by atoms with E-state index in [2.05, 4.69) is 0 Å². The van der Waals surface area contributed by atoms with E-state index in [1.54, 1.807) is 12.1 Å². The van der Waals surface area contributed by atoms with E-state index in [1.165, 1.54) is 0 Å². The number of para-hydroxylation sites is 1. The number of carbonyl (C=O) groups excluding carboxylic acids is 1. The Morgan fingerprint density at radius 2 is 2.12 bits per heavy atom. The molecule has 1 aromatic heterocycles. The summed E-state index contributed by atoms with van der Waals surface area (Å²) >= 11 is 6.02. The van der Waals surface area contributed by atoms with Crippen molar-refractivity contribution in [1.82, 2.24) is 0 Å². The molecule has 2 aromatic rings. The third-order valence-corrected chi connectivity index (χ3v) is 3.52. The molecule has 1 heterocycles. The van der Waals surface area contributed by atoms with Gasteiger partial charge in [-0.25, -0.2) is 0 Å². The molecule has 0 atom stereocenters. The lowest BCUT2D eigenvalue weighted by Crippen LogP contribution is -2.22. The second-order valence-electron chi connectivity index (χ2n) is 4.84. The fraction of sp³-hybridized carbons (Fsp3) is 0.357. The van der Waals surface area contributed by atoms with Crippen LogP contribution >= 0.6 is 11.6 Å². The molecule has 0 saturated carbocycles. The third kappa shape index (κ3) is 2.09. The molecule has 0 aliphatic rings. The maximum Gasteiger partial charge on any atom is 0.203 e. The number of halogens is 1. The van der Waals surface area contributed by atoms with Gasteiger partial charge in [0, 0.05) is 10.8 Å². The van der Waals surface area contributed by atoms with Crippen LogP contribution in [0.2, 0.25) is 5.02 Å². The minimum absolute atomic E-state index is 0.0206. The van der Waals surface area contributed by atoms with Crippen LogP contribution in [0.25, 0.3) is 11.0 Å². The normalized spacial score (nSPS) is 12.0. The maximum absolute atomic E-state index is 12.2. The summed E-state index contributed by atoms with van der Waals surface area (Å²) in [5.41, 5.74) is 0.185. The molecule has 90 valence electrons. The predicted molar refractivity (Wildman–Crippen MR) is 69.6 cm³/mol. The molecule has 0 unspecified atom stereocenters. The van der Waals surface area contributed by atoms with Gasteiger partial charge in [-0.2, -0.15) is 0 Å². The van der Waals surface area contributed by atoms with Crippen LogP contribution in [0.3, 0.4) is 0 Å². The highest BCUT2D eigenvalue weighted by atomic mass is 35.5. The quantitative estimate of drug-likeness (QED) is 0.739. The van der Waals surface area contributed by atoms with Gasteiger partial charge in [-0.1, -0.05) is 44.5 Å². The SMILES string of the molecule is CCC(C)(C)C(=O)c1cc2cccc(Cl)c2o1. The lowest BCUT2D eigenvalue weighted by atomic mass is 9.84. The Bertz CT molecular complexity index is 567. The van der Waals surface area contributed by atoms with Crippen LogP contribution in [0.5, 0.6) is 0 Å². The molecule has 17 heavy (non-hydrogen) atoms. The zero-order valence-electron chi connectivity index (χ0n) is 10.2. The zero-order valence-corrected chi connectivity index (χ0v) is 11.0. The van der Waals surface area contributed by atoms with Gasteiger partial charge in [-0.15, -0.1) is 0 Å². The second kappa shape index (κ2) is 4.19. The van der Waals surface area contributed by atoms with Crippen molar-refractivity contribution in [2.24, 2.45) is 5.41 Å². The minimum atomic E-state index is -0.402. The van der Waals surface area contributed by atoms with E-state index in [4.69, 9.17) is 16.0 Å². The number of ketones is 1. The molecule has 0 bridgehead atoms. The van der Waals surface area contributed by atoms with Crippen LogP contribution in [0.4, 0.5) is 0 Å². The van der Waals surface area contributed by atoms with Crippen molar-refractivity contribution in [3.63, 3.8) is 0 Å². The van der Waals surface area contributed by atoms with Crippen LogP contribution in [-0.2, 0) is 0 Å². The van der Waals surface area contributed by atoms with E-state index >= 15 is 0 Å². The van der Waals surface area contributed by atoms with Gasteiger partial charge in [0.25, 0.3) is 0 Å². The Hall–Kier alpha value is -1.28. The van der Waals surface area contributed by atoms with Crippen molar-refractivity contribution >= 4 is 28.4 Å². The first-order valence-electron chi connectivity index (χ1n) is 5.68. The van der Waals surface area contributed by atoms with Crippen LogP contribution < -0.4 is 0 Å². The fourth-order valence-electron chi connectivity index (χ4n) is 1.63. The van der Waals surface area contributed by atoms with Gasteiger partial charge in [0.15, 0.2) is 11.3 Å². The predicted octanol–water partition coefficient (Wildman–Crippen LogP) is 4.71. The standard InChI is InChI=1S/C14H15ClO2/c1-4-14(2,3)13(16)11-8-9-6-5-7-10(15)12(9)17-11/h5-8H,4H2,1-3H3. The highest BCUT2D eigenvalue weighted by molar-refractivity contribution is 6.34. The average molecular weight is 251 g/mol. The van der Waals surface area contributed by atoms with Crippen molar-refractivity contribution in [1.29, 1.82) is 0 Å². The number of benzene rings is 1. The number of hydrogen-bond donors (Lipinski definition) is 0. The number of furan rings is 1. The zero-order chi connectivity index (χ0) is 12.6. The molecule has 2 nitrogen and oxygen atoms in total. The summed E-state index contributed by atoms with van der Waals surface area (Å²) in [5, 5.41) is 1.41. The minimum Gasteiger partial charge on any atom is -0.451 e. The molecular formula is C14H15ClO2. The Balaban J connectivity index is 2.51. The summed E-state index contributed by atoms with van der Waals surface area (Å²) in [6.45, 7) is 5.84. The van der Waals surface area contributed by atoms with E-state index in [-0.39, 0.29) is 5.78 Å². The van der Waals surface area contributed by atoms with Gasteiger partial charge in [0.05, 0.1) is 5.02 Å². The molecule has 0 N–H and O–H groups in total. The number of hydrogen-bond acceptors (Lipinski definition) is 2. The molecule has 0 saturated heterocycles. The van der Waals surface area contributed by atoms with Crippen molar-refractivity contribution < 1.29 is 9.21 Å². The van der Waals surface area contributed by atoms with Gasteiger partial charge in [-0.05, 0) is 18.6 Å². The molecule has 2 rings (SSSR count). The van der Waals surface area contributed by atoms with Crippen LogP contribution in [0, 0.1) is 5.41 Å². The molecule has 0 aliphatic heterocycles. The lowest BCUT2D eigenvalue weighted by molar-refractivity contribution is 0.0805. The summed E-state index contributed by atoms with van der Waals surface area (Å²) in [4.78, 5) is 12.2. The summed E-state index contributed by atoms with van der Waals surface area (Å²) in [7, 11) is 0. The van der Waals surface area contributed by atoms with Gasteiger partial charge in [-0.3, -0.25) is 4.79 Å². The highest BCUT2D eigenvalue weighted by Gasteiger charge is 2.29. The molecule has 0 fully saturated rings. The van der Waals surface area contributed by atoms with Crippen molar-refractivity contribution in [2.45, 2.75) is 27.2 Å². The van der Waals surface area contributed by atoms with E-state index in [0.717, 1.165) is 11.8 Å². The van der Waals surface area contributed by atoms with Crippen LogP contribution in [0.1, 0.15) is 37.7 Å². The van der Waals surface area contributed by atoms with Gasteiger partial charge >= 0.3 is 0 Å². The van der Waals surface area contributed by atoms with Gasteiger partial charge in [0.2, 0.25) is 5.78 Å². The maximum atomic E-state index is 12.2. The summed E-state index contributed by atoms with van der Waals surface area (Å²) in [5.74, 6) is 0.409. The molecule has 0 radical (unpaired) electrons. The molecule has 3 heteroatoms. The summed E-state index contributed by atoms with van der Waals surface area (Å²) in [6.07, 6.45) is 0.774. The average Bonchev–Trinajstić information content (AvgIpc) is 2.73. The van der Waals surface area contributed by atoms with Crippen molar-refractivity contribution in [2.75, 3.05) is 0 Å². The van der Waals surface area contributed by atoms with E-state index in [9.17, 15) is 4.79 Å². The van der Waals surface area contributed by atoms with Crippen LogP contribution in [0.15, 0.2) is 28.7 Å². The molecular weight excluding hydrogens is 236 g/mol. The Labute approximate surface area is 106 Å². The highest BCUT2D eigenvalue weighted by Crippen LogP contribution is 2.31. The fourth-order valence-corrected chi connectivity index (χ4v) is 1.85. The molecule has 0 aliphatic carbocycles. The summed E-state index contributed by atoms with van der Waals surface area (Å²) in [6, 6.07) is 7.26. The van der Waals surface area contributed by atoms with E-state index in [0.29, 0.717) is 16.4 Å². The van der Waals surface area contributed by atoms with E-state index < -0.39 is 5.41 Å². The van der Waals surface area contributed by atoms with Gasteiger partial charge < -0.3 is 4.42 Å². The largest absolute Gasteiger partial charge is 0.451 e. The number of rotatable bonds is 3. The molecule has 0 spiro atoms. The third-order valence-electron chi connectivity index (χ3n) is 3.22. The Morgan fingerprint density at radius 1 is 1.41 bits per heavy atom. The molecule has 1 aromatic carbocycles. The Kier molecular flexibility index (Phi) is 3.00. The smallest absolute Gasteiger partial charge is 0.203 e. The monoisotopic (exact) mass is 250 g/mol.